The Morgan fingerprint density at radius 3 is 2.54 bits per heavy atom. The molecule has 2 aromatic rings. The molecule has 0 spiro atoms. The van der Waals surface area contributed by atoms with E-state index in [-0.39, 0.29) is 52.5 Å². The van der Waals surface area contributed by atoms with Crippen molar-refractivity contribution in [2.45, 2.75) is 49.9 Å². The standard InChI is InChI=1S/C24H29FN2O7S/c1-14-20(26-34-21(14)18-5-4-17(8-19(18)25)35(3,29)30)13-32-22-15-9-27(10-16(22)12-31-11-15)23(28)33-24(2)6-7-24/h4-5,8,15-16,22H,6-7,9-13H2,1-3H3. The highest BCUT2D eigenvalue weighted by atomic mass is 32.2. The topological polar surface area (TPSA) is 108 Å². The van der Waals surface area contributed by atoms with Gasteiger partial charge in [-0.25, -0.2) is 17.6 Å². The third-order valence-electron chi connectivity index (χ3n) is 7.10. The number of hydrogen-bond acceptors (Lipinski definition) is 8. The van der Waals surface area contributed by atoms with E-state index in [1.807, 2.05) is 6.92 Å². The molecule has 1 aromatic carbocycles. The van der Waals surface area contributed by atoms with Crippen LogP contribution in [-0.4, -0.2) is 68.8 Å². The Bertz CT molecular complexity index is 1230. The summed E-state index contributed by atoms with van der Waals surface area (Å²) in [6, 6.07) is 3.70. The van der Waals surface area contributed by atoms with Gasteiger partial charge in [-0.05, 0) is 44.9 Å². The number of fused-ring (bicyclic) bond motifs is 2. The van der Waals surface area contributed by atoms with Crippen LogP contribution in [0.15, 0.2) is 27.6 Å². The Morgan fingerprint density at radius 2 is 1.94 bits per heavy atom. The summed E-state index contributed by atoms with van der Waals surface area (Å²) in [4.78, 5) is 14.2. The maximum absolute atomic E-state index is 14.7. The van der Waals surface area contributed by atoms with Crippen LogP contribution in [0.5, 0.6) is 0 Å². The monoisotopic (exact) mass is 508 g/mol. The zero-order chi connectivity index (χ0) is 25.0. The number of likely N-dealkylation sites (tertiary alicyclic amines) is 1. The fourth-order valence-electron chi connectivity index (χ4n) is 4.71. The van der Waals surface area contributed by atoms with Crippen molar-refractivity contribution < 1.29 is 36.3 Å². The minimum atomic E-state index is -3.52. The van der Waals surface area contributed by atoms with Crippen molar-refractivity contribution in [3.05, 3.63) is 35.3 Å². The number of halogens is 1. The number of benzene rings is 1. The number of ether oxygens (including phenoxy) is 3. The molecule has 5 rings (SSSR count). The molecule has 1 amide bonds. The van der Waals surface area contributed by atoms with Gasteiger partial charge in [0.25, 0.3) is 0 Å². The first kappa shape index (κ1) is 24.2. The first-order chi connectivity index (χ1) is 16.5. The molecule has 190 valence electrons. The van der Waals surface area contributed by atoms with E-state index in [1.54, 1.807) is 11.8 Å². The highest BCUT2D eigenvalue weighted by Crippen LogP contribution is 2.40. The fraction of sp³-hybridized carbons (Fsp3) is 0.583. The maximum atomic E-state index is 14.7. The first-order valence-corrected chi connectivity index (χ1v) is 13.6. The van der Waals surface area contributed by atoms with Gasteiger partial charge in [0.05, 0.1) is 36.4 Å². The molecule has 2 bridgehead atoms. The molecule has 2 atom stereocenters. The average Bonchev–Trinajstić information content (AvgIpc) is 3.39. The maximum Gasteiger partial charge on any atom is 0.410 e. The molecule has 0 N–H and O–H groups in total. The second kappa shape index (κ2) is 8.86. The molecule has 1 aliphatic carbocycles. The van der Waals surface area contributed by atoms with Crippen molar-refractivity contribution >= 4 is 15.9 Å². The van der Waals surface area contributed by atoms with Crippen LogP contribution in [0, 0.1) is 24.6 Å². The Labute approximate surface area is 203 Å². The Morgan fingerprint density at radius 1 is 1.26 bits per heavy atom. The zero-order valence-corrected chi connectivity index (χ0v) is 20.8. The minimum absolute atomic E-state index is 0.00900. The van der Waals surface area contributed by atoms with Crippen molar-refractivity contribution in [3.8, 4) is 11.3 Å². The van der Waals surface area contributed by atoms with Crippen LogP contribution in [0.3, 0.4) is 0 Å². The number of rotatable bonds is 6. The normalized spacial score (nSPS) is 25.4. The third-order valence-corrected chi connectivity index (χ3v) is 8.21. The summed E-state index contributed by atoms with van der Waals surface area (Å²) in [5.74, 6) is -0.453. The zero-order valence-electron chi connectivity index (χ0n) is 20.0. The van der Waals surface area contributed by atoms with E-state index in [9.17, 15) is 17.6 Å². The lowest BCUT2D eigenvalue weighted by Gasteiger charge is -2.46. The van der Waals surface area contributed by atoms with E-state index in [0.717, 1.165) is 25.2 Å². The number of hydrogen-bond donors (Lipinski definition) is 0. The summed E-state index contributed by atoms with van der Waals surface area (Å²) in [7, 11) is -3.52. The first-order valence-electron chi connectivity index (χ1n) is 11.7. The van der Waals surface area contributed by atoms with Crippen LogP contribution in [0.25, 0.3) is 11.3 Å². The fourth-order valence-corrected chi connectivity index (χ4v) is 5.35. The summed E-state index contributed by atoms with van der Waals surface area (Å²) in [6.07, 6.45) is 2.44. The molecule has 0 radical (unpaired) electrons. The SMILES string of the molecule is Cc1c(COC2C3COCC2CN(C(=O)OC2(C)CC2)C3)noc1-c1ccc(S(C)(=O)=O)cc1F. The van der Waals surface area contributed by atoms with Gasteiger partial charge in [-0.2, -0.15) is 0 Å². The molecule has 3 heterocycles. The van der Waals surface area contributed by atoms with E-state index in [0.29, 0.717) is 37.6 Å². The van der Waals surface area contributed by atoms with Crippen LogP contribution in [0.1, 0.15) is 31.0 Å². The van der Waals surface area contributed by atoms with Gasteiger partial charge >= 0.3 is 6.09 Å². The molecule has 9 nitrogen and oxygen atoms in total. The molecule has 1 aromatic heterocycles. The molecular formula is C24H29FN2O7S. The van der Waals surface area contributed by atoms with E-state index >= 15 is 0 Å². The van der Waals surface area contributed by atoms with Crippen LogP contribution < -0.4 is 0 Å². The van der Waals surface area contributed by atoms with E-state index in [4.69, 9.17) is 18.7 Å². The highest BCUT2D eigenvalue weighted by molar-refractivity contribution is 7.90. The number of carbonyl (C=O) groups is 1. The van der Waals surface area contributed by atoms with Crippen LogP contribution in [0.4, 0.5) is 9.18 Å². The second-order valence-electron chi connectivity index (χ2n) is 10.1. The van der Waals surface area contributed by atoms with Crippen molar-refractivity contribution in [2.24, 2.45) is 11.8 Å². The molecule has 2 unspecified atom stereocenters. The molecule has 3 aliphatic rings. The van der Waals surface area contributed by atoms with Crippen molar-refractivity contribution in [2.75, 3.05) is 32.6 Å². The lowest BCUT2D eigenvalue weighted by Crippen LogP contribution is -2.57. The van der Waals surface area contributed by atoms with Gasteiger partial charge in [0.1, 0.15) is 17.1 Å². The van der Waals surface area contributed by atoms with Gasteiger partial charge in [-0.3, -0.25) is 0 Å². The second-order valence-corrected chi connectivity index (χ2v) is 12.1. The molecule has 11 heteroatoms. The Hall–Kier alpha value is -2.50. The van der Waals surface area contributed by atoms with Gasteiger partial charge < -0.3 is 23.6 Å². The molecular weight excluding hydrogens is 479 g/mol. The van der Waals surface area contributed by atoms with Crippen LogP contribution in [-0.2, 0) is 30.7 Å². The Balaban J connectivity index is 1.26. The van der Waals surface area contributed by atoms with E-state index in [1.165, 1.54) is 12.1 Å². The van der Waals surface area contributed by atoms with Gasteiger partial charge in [-0.1, -0.05) is 5.16 Å². The van der Waals surface area contributed by atoms with Gasteiger partial charge in [0.15, 0.2) is 15.6 Å². The number of sulfone groups is 1. The number of nitrogens with zero attached hydrogens (tertiary/aromatic N) is 2. The lowest BCUT2D eigenvalue weighted by atomic mass is 9.84. The molecule has 3 fully saturated rings. The van der Waals surface area contributed by atoms with Crippen molar-refractivity contribution in [1.29, 1.82) is 0 Å². The largest absolute Gasteiger partial charge is 0.443 e. The van der Waals surface area contributed by atoms with E-state index in [2.05, 4.69) is 5.16 Å². The summed E-state index contributed by atoms with van der Waals surface area (Å²) in [6.45, 7) is 5.85. The number of carbonyl (C=O) groups excluding carboxylic acids is 1. The van der Waals surface area contributed by atoms with Crippen molar-refractivity contribution in [1.82, 2.24) is 10.1 Å². The molecule has 1 saturated carbocycles. The minimum Gasteiger partial charge on any atom is -0.443 e. The lowest BCUT2D eigenvalue weighted by molar-refractivity contribution is -0.151. The Kier molecular flexibility index (Phi) is 6.13. The smallest absolute Gasteiger partial charge is 0.410 e. The van der Waals surface area contributed by atoms with E-state index < -0.39 is 15.7 Å². The predicted octanol–water partition coefficient (Wildman–Crippen LogP) is 3.35. The van der Waals surface area contributed by atoms with Gasteiger partial charge in [0.2, 0.25) is 0 Å². The third kappa shape index (κ3) is 4.94. The summed E-state index contributed by atoms with van der Waals surface area (Å²) in [5.41, 5.74) is 0.975. The van der Waals surface area contributed by atoms with Gasteiger partial charge in [0, 0.05) is 36.7 Å². The quantitative estimate of drug-likeness (QED) is 0.585. The van der Waals surface area contributed by atoms with Crippen LogP contribution in [0.2, 0.25) is 0 Å². The molecule has 35 heavy (non-hydrogen) atoms. The predicted molar refractivity (Wildman–Crippen MR) is 122 cm³/mol. The van der Waals surface area contributed by atoms with Crippen LogP contribution >= 0.6 is 0 Å². The average molecular weight is 509 g/mol. The number of aromatic nitrogens is 1. The van der Waals surface area contributed by atoms with Crippen molar-refractivity contribution in [3.63, 3.8) is 0 Å². The number of amides is 1. The summed E-state index contributed by atoms with van der Waals surface area (Å²) < 4.78 is 61.0. The van der Waals surface area contributed by atoms with Gasteiger partial charge in [-0.15, -0.1) is 0 Å². The highest BCUT2D eigenvalue weighted by Gasteiger charge is 2.46. The summed E-state index contributed by atoms with van der Waals surface area (Å²) >= 11 is 0. The number of piperidine rings is 1. The molecule has 2 saturated heterocycles. The molecule has 2 aliphatic heterocycles. The summed E-state index contributed by atoms with van der Waals surface area (Å²) in [5, 5.41) is 4.07.